The van der Waals surface area contributed by atoms with E-state index in [0.29, 0.717) is 24.0 Å². The van der Waals surface area contributed by atoms with E-state index in [1.807, 2.05) is 13.2 Å². The van der Waals surface area contributed by atoms with Crippen molar-refractivity contribution in [3.8, 4) is 0 Å². The molecule has 1 amide bonds. The number of aliphatic hydroxyl groups is 1. The zero-order chi connectivity index (χ0) is 16.6. The predicted molar refractivity (Wildman–Crippen MR) is 83.3 cm³/mol. The Kier molecular flexibility index (Phi) is 4.17. The van der Waals surface area contributed by atoms with Gasteiger partial charge in [-0.25, -0.2) is 4.39 Å². The van der Waals surface area contributed by atoms with Crippen LogP contribution in [0.5, 0.6) is 0 Å². The van der Waals surface area contributed by atoms with E-state index in [4.69, 9.17) is 0 Å². The van der Waals surface area contributed by atoms with Crippen molar-refractivity contribution in [2.45, 2.75) is 31.9 Å². The summed E-state index contributed by atoms with van der Waals surface area (Å²) in [6.07, 6.45) is 4.61. The van der Waals surface area contributed by atoms with Gasteiger partial charge in [-0.3, -0.25) is 9.48 Å². The summed E-state index contributed by atoms with van der Waals surface area (Å²) in [6, 6.07) is 3.93. The van der Waals surface area contributed by atoms with Crippen LogP contribution < -0.4 is 5.32 Å². The molecule has 1 fully saturated rings. The van der Waals surface area contributed by atoms with Crippen LogP contribution in [0.25, 0.3) is 0 Å². The number of carbonyl (C=O) groups excluding carboxylic acids is 1. The monoisotopic (exact) mass is 317 g/mol. The molecule has 0 radical (unpaired) electrons. The summed E-state index contributed by atoms with van der Waals surface area (Å²) >= 11 is 0. The van der Waals surface area contributed by atoms with E-state index in [1.165, 1.54) is 18.2 Å². The number of benzene rings is 1. The van der Waals surface area contributed by atoms with Crippen LogP contribution in [-0.4, -0.2) is 26.9 Å². The number of rotatable bonds is 4. The van der Waals surface area contributed by atoms with Crippen LogP contribution in [0.1, 0.15) is 40.4 Å². The fraction of sp³-hybridized carbons (Fsp3) is 0.412. The van der Waals surface area contributed by atoms with Crippen LogP contribution in [-0.2, 0) is 7.05 Å². The van der Waals surface area contributed by atoms with E-state index >= 15 is 0 Å². The average molecular weight is 317 g/mol. The lowest BCUT2D eigenvalue weighted by Gasteiger charge is -2.37. The Morgan fingerprint density at radius 3 is 2.78 bits per heavy atom. The van der Waals surface area contributed by atoms with Crippen LogP contribution in [0.4, 0.5) is 4.39 Å². The van der Waals surface area contributed by atoms with Gasteiger partial charge >= 0.3 is 0 Å². The molecule has 3 rings (SSSR count). The van der Waals surface area contributed by atoms with Crippen molar-refractivity contribution in [2.24, 2.45) is 13.0 Å². The minimum atomic E-state index is -0.357. The van der Waals surface area contributed by atoms with Gasteiger partial charge in [-0.15, -0.1) is 0 Å². The smallest absolute Gasteiger partial charge is 0.252 e. The summed E-state index contributed by atoms with van der Waals surface area (Å²) in [5.74, 6) is -0.415. The molecule has 6 heteroatoms. The molecule has 1 aromatic heterocycles. The fourth-order valence-corrected chi connectivity index (χ4v) is 3.08. The van der Waals surface area contributed by atoms with E-state index in [-0.39, 0.29) is 29.8 Å². The molecular formula is C17H20FN3O2. The highest BCUT2D eigenvalue weighted by Gasteiger charge is 2.36. The summed E-state index contributed by atoms with van der Waals surface area (Å²) in [7, 11) is 1.82. The molecule has 0 bridgehead atoms. The van der Waals surface area contributed by atoms with Crippen LogP contribution in [0.2, 0.25) is 0 Å². The maximum Gasteiger partial charge on any atom is 0.252 e. The van der Waals surface area contributed by atoms with Crippen molar-refractivity contribution < 1.29 is 14.3 Å². The van der Waals surface area contributed by atoms with Gasteiger partial charge in [-0.1, -0.05) is 0 Å². The molecule has 0 aliphatic heterocycles. The Labute approximate surface area is 134 Å². The number of nitrogens with zero attached hydrogens (tertiary/aromatic N) is 2. The number of aromatic nitrogens is 2. The zero-order valence-electron chi connectivity index (χ0n) is 13.2. The molecule has 1 aliphatic rings. The van der Waals surface area contributed by atoms with Crippen molar-refractivity contribution in [3.05, 3.63) is 53.1 Å². The van der Waals surface area contributed by atoms with Crippen molar-refractivity contribution >= 4 is 5.91 Å². The molecule has 1 unspecified atom stereocenters. The normalized spacial score (nSPS) is 21.6. The lowest BCUT2D eigenvalue weighted by atomic mass is 9.75. The van der Waals surface area contributed by atoms with Gasteiger partial charge < -0.3 is 10.4 Å². The number of nitrogens with one attached hydrogen (secondary N) is 1. The molecule has 1 aromatic carbocycles. The molecule has 0 spiro atoms. The minimum Gasteiger partial charge on any atom is -0.393 e. The van der Waals surface area contributed by atoms with E-state index in [2.05, 4.69) is 10.4 Å². The number of halogens is 1. The minimum absolute atomic E-state index is 0.180. The zero-order valence-corrected chi connectivity index (χ0v) is 13.2. The summed E-state index contributed by atoms with van der Waals surface area (Å²) < 4.78 is 14.9. The molecule has 1 saturated carbocycles. The molecular weight excluding hydrogens is 297 g/mol. The van der Waals surface area contributed by atoms with E-state index in [1.54, 1.807) is 17.8 Å². The molecule has 23 heavy (non-hydrogen) atoms. The molecule has 2 aromatic rings. The first kappa shape index (κ1) is 15.7. The highest BCUT2D eigenvalue weighted by Crippen LogP contribution is 2.38. The maximum atomic E-state index is 13.2. The first-order chi connectivity index (χ1) is 10.9. The fourth-order valence-electron chi connectivity index (χ4n) is 3.08. The molecule has 0 saturated heterocycles. The second-order valence-corrected chi connectivity index (χ2v) is 6.24. The van der Waals surface area contributed by atoms with E-state index in [0.717, 1.165) is 5.56 Å². The van der Waals surface area contributed by atoms with Crippen LogP contribution >= 0.6 is 0 Å². The topological polar surface area (TPSA) is 67.2 Å². The Bertz CT molecular complexity index is 722. The van der Waals surface area contributed by atoms with Gasteiger partial charge in [0.15, 0.2) is 0 Å². The molecule has 1 aliphatic carbocycles. The first-order valence-electron chi connectivity index (χ1n) is 7.67. The molecule has 1 atom stereocenters. The third-order valence-corrected chi connectivity index (χ3v) is 4.42. The van der Waals surface area contributed by atoms with Crippen LogP contribution in [0.3, 0.4) is 0 Å². The Morgan fingerprint density at radius 2 is 2.22 bits per heavy atom. The van der Waals surface area contributed by atoms with Gasteiger partial charge in [0.2, 0.25) is 0 Å². The van der Waals surface area contributed by atoms with Crippen molar-refractivity contribution in [3.63, 3.8) is 0 Å². The van der Waals surface area contributed by atoms with E-state index < -0.39 is 0 Å². The quantitative estimate of drug-likeness (QED) is 0.907. The van der Waals surface area contributed by atoms with Gasteiger partial charge in [0.1, 0.15) is 5.82 Å². The highest BCUT2D eigenvalue weighted by molar-refractivity contribution is 5.95. The maximum absolute atomic E-state index is 13.2. The van der Waals surface area contributed by atoms with Gasteiger partial charge in [-0.2, -0.15) is 5.10 Å². The standard InChI is InChI=1S/C17H20FN3O2/c1-10-5-13(18)3-4-15(10)17(23)20-16(11-6-14(22)7-11)12-8-19-21(2)9-12/h3-5,8-9,11,14,16,22H,6-7H2,1-2H3,(H,20,23). The lowest BCUT2D eigenvalue weighted by Crippen LogP contribution is -2.41. The Hall–Kier alpha value is -2.21. The third kappa shape index (κ3) is 3.27. The lowest BCUT2D eigenvalue weighted by molar-refractivity contribution is 0.0235. The van der Waals surface area contributed by atoms with Crippen LogP contribution in [0.15, 0.2) is 30.6 Å². The highest BCUT2D eigenvalue weighted by atomic mass is 19.1. The van der Waals surface area contributed by atoms with Gasteiger partial charge in [0, 0.05) is 24.4 Å². The molecule has 1 heterocycles. The second-order valence-electron chi connectivity index (χ2n) is 6.24. The van der Waals surface area contributed by atoms with Crippen molar-refractivity contribution in [1.82, 2.24) is 15.1 Å². The van der Waals surface area contributed by atoms with Gasteiger partial charge in [-0.05, 0) is 49.4 Å². The summed E-state index contributed by atoms with van der Waals surface area (Å²) in [5.41, 5.74) is 1.97. The van der Waals surface area contributed by atoms with Crippen molar-refractivity contribution in [2.75, 3.05) is 0 Å². The van der Waals surface area contributed by atoms with Gasteiger partial charge in [0.25, 0.3) is 5.91 Å². The number of aryl methyl sites for hydroxylation is 2. The summed E-state index contributed by atoms with van der Waals surface area (Å²) in [6.45, 7) is 1.71. The number of hydrogen-bond acceptors (Lipinski definition) is 3. The second kappa shape index (κ2) is 6.12. The number of hydrogen-bond donors (Lipinski definition) is 2. The summed E-state index contributed by atoms with van der Waals surface area (Å²) in [4.78, 5) is 12.6. The number of amides is 1. The molecule has 5 nitrogen and oxygen atoms in total. The Morgan fingerprint density at radius 1 is 1.48 bits per heavy atom. The Balaban J connectivity index is 1.81. The van der Waals surface area contributed by atoms with Gasteiger partial charge in [0.05, 0.1) is 18.3 Å². The SMILES string of the molecule is Cc1cc(F)ccc1C(=O)NC(c1cnn(C)c1)C1CC(O)C1. The largest absolute Gasteiger partial charge is 0.393 e. The predicted octanol–water partition coefficient (Wildman–Crippen LogP) is 2.11. The number of aliphatic hydroxyl groups excluding tert-OH is 1. The molecule has 2 N–H and O–H groups in total. The first-order valence-corrected chi connectivity index (χ1v) is 7.67. The van der Waals surface area contributed by atoms with E-state index in [9.17, 15) is 14.3 Å². The number of carbonyl (C=O) groups is 1. The summed E-state index contributed by atoms with van der Waals surface area (Å²) in [5, 5.41) is 16.7. The third-order valence-electron chi connectivity index (χ3n) is 4.42. The van der Waals surface area contributed by atoms with Crippen LogP contribution in [0, 0.1) is 18.7 Å². The molecule has 122 valence electrons. The average Bonchev–Trinajstić information content (AvgIpc) is 2.88. The van der Waals surface area contributed by atoms with Crippen molar-refractivity contribution in [1.29, 1.82) is 0 Å².